The van der Waals surface area contributed by atoms with Crippen LogP contribution in [0.2, 0.25) is 0 Å². The summed E-state index contributed by atoms with van der Waals surface area (Å²) in [5.74, 6) is 0.636. The summed E-state index contributed by atoms with van der Waals surface area (Å²) >= 11 is 0. The highest BCUT2D eigenvalue weighted by Crippen LogP contribution is 2.28. The van der Waals surface area contributed by atoms with Gasteiger partial charge in [0.1, 0.15) is 11.4 Å². The van der Waals surface area contributed by atoms with Crippen LogP contribution in [-0.2, 0) is 4.74 Å². The average molecular weight is 414 g/mol. The summed E-state index contributed by atoms with van der Waals surface area (Å²) in [5.41, 5.74) is 4.48. The molecule has 3 heterocycles. The maximum Gasteiger partial charge on any atom is 0.272 e. The van der Waals surface area contributed by atoms with Gasteiger partial charge in [-0.25, -0.2) is 9.50 Å². The molecule has 2 aromatic heterocycles. The number of hydrogen-bond donors (Lipinski definition) is 0. The zero-order chi connectivity index (χ0) is 21.2. The van der Waals surface area contributed by atoms with Crippen molar-refractivity contribution in [2.75, 3.05) is 33.4 Å². The van der Waals surface area contributed by atoms with Crippen molar-refractivity contribution in [2.45, 2.75) is 0 Å². The third-order valence-electron chi connectivity index (χ3n) is 5.38. The Labute approximate surface area is 179 Å². The molecule has 1 saturated heterocycles. The first-order valence-corrected chi connectivity index (χ1v) is 10.2. The quantitative estimate of drug-likeness (QED) is 0.511. The molecular formula is C24H22N4O3. The smallest absolute Gasteiger partial charge is 0.272 e. The molecule has 1 fully saturated rings. The Balaban J connectivity index is 1.67. The minimum Gasteiger partial charge on any atom is -0.497 e. The van der Waals surface area contributed by atoms with Crippen molar-refractivity contribution in [2.24, 2.45) is 0 Å². The standard InChI is InChI=1S/C24H22N4O3/c1-30-19-9-5-8-18(14-19)22-15-21(24(29)27-10-12-31-13-11-27)25-23-16-20(26-28(22)23)17-6-3-2-4-7-17/h2-9,14-16H,10-13H2,1H3. The third-order valence-corrected chi connectivity index (χ3v) is 5.38. The van der Waals surface area contributed by atoms with Crippen molar-refractivity contribution in [1.29, 1.82) is 0 Å². The molecule has 1 amide bonds. The van der Waals surface area contributed by atoms with Gasteiger partial charge in [-0.3, -0.25) is 4.79 Å². The third kappa shape index (κ3) is 3.75. The van der Waals surface area contributed by atoms with Crippen LogP contribution in [0.15, 0.2) is 66.7 Å². The summed E-state index contributed by atoms with van der Waals surface area (Å²) in [6.45, 7) is 2.21. The lowest BCUT2D eigenvalue weighted by atomic mass is 10.1. The highest BCUT2D eigenvalue weighted by Gasteiger charge is 2.22. The largest absolute Gasteiger partial charge is 0.497 e. The molecule has 2 aromatic carbocycles. The van der Waals surface area contributed by atoms with Gasteiger partial charge in [0.15, 0.2) is 5.65 Å². The Morgan fingerprint density at radius 2 is 1.74 bits per heavy atom. The number of amides is 1. The normalized spacial score (nSPS) is 14.0. The van der Waals surface area contributed by atoms with E-state index in [4.69, 9.17) is 14.6 Å². The van der Waals surface area contributed by atoms with Gasteiger partial charge >= 0.3 is 0 Å². The maximum absolute atomic E-state index is 13.2. The van der Waals surface area contributed by atoms with Crippen LogP contribution in [0.5, 0.6) is 5.75 Å². The summed E-state index contributed by atoms with van der Waals surface area (Å²) in [4.78, 5) is 19.6. The molecule has 0 radical (unpaired) electrons. The fourth-order valence-electron chi connectivity index (χ4n) is 3.75. The van der Waals surface area contributed by atoms with Crippen molar-refractivity contribution in [3.05, 3.63) is 72.4 Å². The number of carbonyl (C=O) groups excluding carboxylic acids is 1. The van der Waals surface area contributed by atoms with E-state index in [1.54, 1.807) is 22.6 Å². The van der Waals surface area contributed by atoms with Crippen molar-refractivity contribution < 1.29 is 14.3 Å². The Kier molecular flexibility index (Phi) is 5.09. The molecule has 1 aliphatic heterocycles. The SMILES string of the molecule is COc1cccc(-c2cc(C(=O)N3CCOCC3)nc3cc(-c4ccccc4)nn23)c1. The minimum atomic E-state index is -0.0996. The molecule has 0 N–H and O–H groups in total. The van der Waals surface area contributed by atoms with Gasteiger partial charge in [-0.15, -0.1) is 0 Å². The fraction of sp³-hybridized carbons (Fsp3) is 0.208. The zero-order valence-electron chi connectivity index (χ0n) is 17.2. The van der Waals surface area contributed by atoms with Gasteiger partial charge < -0.3 is 14.4 Å². The lowest BCUT2D eigenvalue weighted by molar-refractivity contribution is 0.0299. The van der Waals surface area contributed by atoms with E-state index in [0.29, 0.717) is 37.6 Å². The van der Waals surface area contributed by atoms with Gasteiger partial charge in [0, 0.05) is 30.3 Å². The summed E-state index contributed by atoms with van der Waals surface area (Å²) in [5, 5.41) is 4.80. The second-order valence-electron chi connectivity index (χ2n) is 7.33. The summed E-state index contributed by atoms with van der Waals surface area (Å²) in [6, 6.07) is 21.4. The zero-order valence-corrected chi connectivity index (χ0v) is 17.2. The number of methoxy groups -OCH3 is 1. The molecule has 1 aliphatic rings. The molecule has 0 aliphatic carbocycles. The van der Waals surface area contributed by atoms with Crippen molar-refractivity contribution in [1.82, 2.24) is 19.5 Å². The predicted octanol–water partition coefficient (Wildman–Crippen LogP) is 3.54. The molecule has 31 heavy (non-hydrogen) atoms. The van der Waals surface area contributed by atoms with E-state index in [9.17, 15) is 4.79 Å². The number of aromatic nitrogens is 3. The molecule has 0 bridgehead atoms. The number of carbonyl (C=O) groups is 1. The molecule has 5 rings (SSSR count). The molecule has 0 saturated carbocycles. The average Bonchev–Trinajstić information content (AvgIpc) is 3.28. The van der Waals surface area contributed by atoms with Crippen molar-refractivity contribution >= 4 is 11.6 Å². The number of morpholine rings is 1. The topological polar surface area (TPSA) is 69.0 Å². The van der Waals surface area contributed by atoms with Gasteiger partial charge in [-0.2, -0.15) is 5.10 Å². The maximum atomic E-state index is 13.2. The second kappa shape index (κ2) is 8.20. The molecule has 156 valence electrons. The van der Waals surface area contributed by atoms with Crippen molar-refractivity contribution in [3.8, 4) is 28.3 Å². The molecule has 0 spiro atoms. The van der Waals surface area contributed by atoms with Crippen LogP contribution in [0, 0.1) is 0 Å². The van der Waals surface area contributed by atoms with Crippen LogP contribution < -0.4 is 4.74 Å². The van der Waals surface area contributed by atoms with Gasteiger partial charge in [0.2, 0.25) is 0 Å². The molecule has 7 nitrogen and oxygen atoms in total. The van der Waals surface area contributed by atoms with E-state index in [1.807, 2.05) is 60.7 Å². The lowest BCUT2D eigenvalue weighted by Crippen LogP contribution is -2.41. The number of fused-ring (bicyclic) bond motifs is 1. The Morgan fingerprint density at radius 1 is 0.968 bits per heavy atom. The molecule has 7 heteroatoms. The first-order valence-electron chi connectivity index (χ1n) is 10.2. The summed E-state index contributed by atoms with van der Waals surface area (Å²) in [7, 11) is 1.63. The van der Waals surface area contributed by atoms with E-state index < -0.39 is 0 Å². The minimum absolute atomic E-state index is 0.0996. The molecule has 0 atom stereocenters. The molecule has 0 unspecified atom stereocenters. The van der Waals surface area contributed by atoms with E-state index in [1.165, 1.54) is 0 Å². The lowest BCUT2D eigenvalue weighted by Gasteiger charge is -2.26. The van der Waals surface area contributed by atoms with Crippen LogP contribution in [0.4, 0.5) is 0 Å². The highest BCUT2D eigenvalue weighted by atomic mass is 16.5. The number of nitrogens with zero attached hydrogens (tertiary/aromatic N) is 4. The van der Waals surface area contributed by atoms with Crippen molar-refractivity contribution in [3.63, 3.8) is 0 Å². The molecule has 4 aromatic rings. The summed E-state index contributed by atoms with van der Waals surface area (Å²) in [6.07, 6.45) is 0. The number of hydrogen-bond acceptors (Lipinski definition) is 5. The van der Waals surface area contributed by atoms with Gasteiger partial charge in [0.05, 0.1) is 31.7 Å². The van der Waals surface area contributed by atoms with Gasteiger partial charge in [-0.05, 0) is 18.2 Å². The molecular weight excluding hydrogens is 392 g/mol. The van der Waals surface area contributed by atoms with Crippen LogP contribution in [0.25, 0.3) is 28.2 Å². The van der Waals surface area contributed by atoms with Crippen LogP contribution in [0.3, 0.4) is 0 Å². The first-order chi connectivity index (χ1) is 15.2. The summed E-state index contributed by atoms with van der Waals surface area (Å²) < 4.78 is 12.6. The fourth-order valence-corrected chi connectivity index (χ4v) is 3.75. The van der Waals surface area contributed by atoms with Gasteiger partial charge in [0.25, 0.3) is 5.91 Å². The van der Waals surface area contributed by atoms with Crippen LogP contribution in [-0.4, -0.2) is 58.8 Å². The predicted molar refractivity (Wildman–Crippen MR) is 117 cm³/mol. The number of rotatable bonds is 4. The van der Waals surface area contributed by atoms with E-state index in [0.717, 1.165) is 28.3 Å². The Hall–Kier alpha value is -3.71. The van der Waals surface area contributed by atoms with E-state index >= 15 is 0 Å². The monoisotopic (exact) mass is 414 g/mol. The van der Waals surface area contributed by atoms with E-state index in [-0.39, 0.29) is 5.91 Å². The second-order valence-corrected chi connectivity index (χ2v) is 7.33. The number of ether oxygens (including phenoxy) is 2. The highest BCUT2D eigenvalue weighted by molar-refractivity contribution is 5.94. The van der Waals surface area contributed by atoms with Crippen LogP contribution >= 0.6 is 0 Å². The number of benzene rings is 2. The van der Waals surface area contributed by atoms with Crippen LogP contribution in [0.1, 0.15) is 10.5 Å². The Bertz CT molecular complexity index is 1230. The van der Waals surface area contributed by atoms with E-state index in [2.05, 4.69) is 4.98 Å². The Morgan fingerprint density at radius 3 is 2.52 bits per heavy atom. The first kappa shape index (κ1) is 19.3. The van der Waals surface area contributed by atoms with Gasteiger partial charge in [-0.1, -0.05) is 42.5 Å².